The molecular formula is C16H22N2O5S. The van der Waals surface area contributed by atoms with Gasteiger partial charge in [-0.25, -0.2) is 17.5 Å². The number of hydrogen-bond acceptors (Lipinski definition) is 4. The van der Waals surface area contributed by atoms with E-state index in [4.69, 9.17) is 0 Å². The van der Waals surface area contributed by atoms with Crippen molar-refractivity contribution in [2.75, 3.05) is 14.1 Å². The molecule has 0 spiro atoms. The monoisotopic (exact) mass is 354 g/mol. The molecule has 7 nitrogen and oxygen atoms in total. The van der Waals surface area contributed by atoms with E-state index < -0.39 is 27.4 Å². The Bertz CT molecular complexity index is 737. The zero-order chi connectivity index (χ0) is 18.0. The summed E-state index contributed by atoms with van der Waals surface area (Å²) < 4.78 is 25.4. The van der Waals surface area contributed by atoms with E-state index in [-0.39, 0.29) is 10.5 Å². The van der Waals surface area contributed by atoms with Crippen LogP contribution in [-0.4, -0.2) is 49.3 Å². The number of nitrogens with one attached hydrogen (secondary N) is 1. The first kappa shape index (κ1) is 18.4. The summed E-state index contributed by atoms with van der Waals surface area (Å²) in [6.07, 6.45) is 3.18. The number of carbonyl (C=O) groups excluding carboxylic acids is 1. The van der Waals surface area contributed by atoms with Gasteiger partial charge >= 0.3 is 5.97 Å². The largest absolute Gasteiger partial charge is 0.480 e. The lowest BCUT2D eigenvalue weighted by Crippen LogP contribution is -2.55. The zero-order valence-electron chi connectivity index (χ0n) is 13.8. The topological polar surface area (TPSA) is 104 Å². The normalized spacial score (nSPS) is 17.5. The third-order valence-electron chi connectivity index (χ3n) is 4.34. The van der Waals surface area contributed by atoms with E-state index >= 15 is 0 Å². The lowest BCUT2D eigenvalue weighted by Gasteiger charge is -2.34. The number of nitrogens with zero attached hydrogens (tertiary/aromatic N) is 1. The number of carbonyl (C=O) groups is 2. The Morgan fingerprint density at radius 2 is 1.79 bits per heavy atom. The summed E-state index contributed by atoms with van der Waals surface area (Å²) in [5.41, 5.74) is -1.14. The Kier molecular flexibility index (Phi) is 5.29. The van der Waals surface area contributed by atoms with Gasteiger partial charge in [-0.1, -0.05) is 25.3 Å². The minimum atomic E-state index is -3.66. The fraction of sp³-hybridized carbons (Fsp3) is 0.500. The summed E-state index contributed by atoms with van der Waals surface area (Å²) in [7, 11) is -0.848. The summed E-state index contributed by atoms with van der Waals surface area (Å²) in [6.45, 7) is 0. The van der Waals surface area contributed by atoms with Crippen LogP contribution in [0, 0.1) is 0 Å². The molecule has 2 rings (SSSR count). The SMILES string of the molecule is CN(C)S(=O)(=O)c1cccc(C(=O)NC2(C(=O)O)CCCCC2)c1. The molecule has 1 aromatic rings. The van der Waals surface area contributed by atoms with Gasteiger partial charge in [0.25, 0.3) is 5.91 Å². The lowest BCUT2D eigenvalue weighted by atomic mass is 9.81. The molecule has 0 unspecified atom stereocenters. The summed E-state index contributed by atoms with van der Waals surface area (Å²) in [5.74, 6) is -1.62. The molecule has 1 fully saturated rings. The average molecular weight is 354 g/mol. The first-order valence-corrected chi connectivity index (χ1v) is 9.21. The Morgan fingerprint density at radius 3 is 2.33 bits per heavy atom. The number of benzene rings is 1. The van der Waals surface area contributed by atoms with Crippen LogP contribution in [0.1, 0.15) is 42.5 Å². The first-order valence-electron chi connectivity index (χ1n) is 7.77. The minimum Gasteiger partial charge on any atom is -0.480 e. The van der Waals surface area contributed by atoms with E-state index in [0.29, 0.717) is 12.8 Å². The molecule has 0 heterocycles. The van der Waals surface area contributed by atoms with Crippen molar-refractivity contribution >= 4 is 21.9 Å². The van der Waals surface area contributed by atoms with Crippen LogP contribution in [0.5, 0.6) is 0 Å². The van der Waals surface area contributed by atoms with Crippen LogP contribution >= 0.6 is 0 Å². The van der Waals surface area contributed by atoms with Gasteiger partial charge in [-0.2, -0.15) is 0 Å². The highest BCUT2D eigenvalue weighted by Crippen LogP contribution is 2.29. The zero-order valence-corrected chi connectivity index (χ0v) is 14.6. The Balaban J connectivity index is 2.29. The number of carboxylic acids is 1. The molecule has 0 saturated heterocycles. The number of amides is 1. The number of aliphatic carboxylic acids is 1. The van der Waals surface area contributed by atoms with Crippen LogP contribution in [-0.2, 0) is 14.8 Å². The first-order chi connectivity index (χ1) is 11.2. The molecule has 0 aromatic heterocycles. The second-order valence-corrected chi connectivity index (χ2v) is 8.37. The van der Waals surface area contributed by atoms with Gasteiger partial charge in [-0.3, -0.25) is 4.79 Å². The lowest BCUT2D eigenvalue weighted by molar-refractivity contribution is -0.145. The highest BCUT2D eigenvalue weighted by atomic mass is 32.2. The molecule has 1 amide bonds. The molecule has 0 radical (unpaired) electrons. The summed E-state index contributed by atoms with van der Waals surface area (Å²) in [5, 5.41) is 12.1. The molecular weight excluding hydrogens is 332 g/mol. The Morgan fingerprint density at radius 1 is 1.17 bits per heavy atom. The van der Waals surface area contributed by atoms with Crippen molar-refractivity contribution in [2.24, 2.45) is 0 Å². The smallest absolute Gasteiger partial charge is 0.329 e. The molecule has 2 N–H and O–H groups in total. The van der Waals surface area contributed by atoms with Gasteiger partial charge in [-0.15, -0.1) is 0 Å². The second kappa shape index (κ2) is 6.90. The third kappa shape index (κ3) is 3.59. The fourth-order valence-electron chi connectivity index (χ4n) is 2.85. The van der Waals surface area contributed by atoms with E-state index in [1.54, 1.807) is 0 Å². The molecule has 0 atom stereocenters. The molecule has 0 bridgehead atoms. The van der Waals surface area contributed by atoms with Crippen molar-refractivity contribution in [2.45, 2.75) is 42.5 Å². The predicted molar refractivity (Wildman–Crippen MR) is 88.2 cm³/mol. The maximum Gasteiger partial charge on any atom is 0.329 e. The average Bonchev–Trinajstić information content (AvgIpc) is 2.55. The van der Waals surface area contributed by atoms with Crippen molar-refractivity contribution < 1.29 is 23.1 Å². The van der Waals surface area contributed by atoms with Gasteiger partial charge < -0.3 is 10.4 Å². The summed E-state index contributed by atoms with van der Waals surface area (Å²) in [6, 6.07) is 5.62. The molecule has 132 valence electrons. The minimum absolute atomic E-state index is 0.00632. The van der Waals surface area contributed by atoms with Crippen LogP contribution < -0.4 is 5.32 Å². The summed E-state index contributed by atoms with van der Waals surface area (Å²) >= 11 is 0. The molecule has 0 aliphatic heterocycles. The Hall–Kier alpha value is -1.93. The van der Waals surface area contributed by atoms with E-state index in [2.05, 4.69) is 5.32 Å². The van der Waals surface area contributed by atoms with Crippen LogP contribution in [0.2, 0.25) is 0 Å². The third-order valence-corrected chi connectivity index (χ3v) is 6.16. The number of rotatable bonds is 5. The van der Waals surface area contributed by atoms with Crippen molar-refractivity contribution in [3.63, 3.8) is 0 Å². The predicted octanol–water partition coefficient (Wildman–Crippen LogP) is 1.45. The van der Waals surface area contributed by atoms with E-state index in [1.807, 2.05) is 0 Å². The van der Waals surface area contributed by atoms with Crippen LogP contribution in [0.4, 0.5) is 0 Å². The van der Waals surface area contributed by atoms with Gasteiger partial charge in [0.1, 0.15) is 5.54 Å². The van der Waals surface area contributed by atoms with E-state index in [1.165, 1.54) is 38.4 Å². The van der Waals surface area contributed by atoms with Crippen molar-refractivity contribution in [3.8, 4) is 0 Å². The molecule has 1 aliphatic rings. The van der Waals surface area contributed by atoms with Gasteiger partial charge in [0.2, 0.25) is 10.0 Å². The highest BCUT2D eigenvalue weighted by Gasteiger charge is 2.41. The maximum absolute atomic E-state index is 12.5. The summed E-state index contributed by atoms with van der Waals surface area (Å²) in [4.78, 5) is 24.1. The highest BCUT2D eigenvalue weighted by molar-refractivity contribution is 7.89. The van der Waals surface area contributed by atoms with Gasteiger partial charge in [-0.05, 0) is 31.0 Å². The van der Waals surface area contributed by atoms with Crippen LogP contribution in [0.15, 0.2) is 29.2 Å². The van der Waals surface area contributed by atoms with Crippen molar-refractivity contribution in [1.29, 1.82) is 0 Å². The molecule has 8 heteroatoms. The molecule has 24 heavy (non-hydrogen) atoms. The second-order valence-electron chi connectivity index (χ2n) is 6.22. The fourth-order valence-corrected chi connectivity index (χ4v) is 3.79. The molecule has 1 saturated carbocycles. The quantitative estimate of drug-likeness (QED) is 0.833. The maximum atomic E-state index is 12.5. The van der Waals surface area contributed by atoms with Crippen LogP contribution in [0.25, 0.3) is 0 Å². The van der Waals surface area contributed by atoms with Crippen molar-refractivity contribution in [1.82, 2.24) is 9.62 Å². The molecule has 1 aromatic carbocycles. The van der Waals surface area contributed by atoms with E-state index in [0.717, 1.165) is 23.6 Å². The number of hydrogen-bond donors (Lipinski definition) is 2. The van der Waals surface area contributed by atoms with E-state index in [9.17, 15) is 23.1 Å². The van der Waals surface area contributed by atoms with Crippen LogP contribution in [0.3, 0.4) is 0 Å². The van der Waals surface area contributed by atoms with Gasteiger partial charge in [0.05, 0.1) is 4.90 Å². The van der Waals surface area contributed by atoms with Gasteiger partial charge in [0, 0.05) is 19.7 Å². The number of sulfonamides is 1. The Labute approximate surface area is 141 Å². The van der Waals surface area contributed by atoms with Crippen molar-refractivity contribution in [3.05, 3.63) is 29.8 Å². The number of carboxylic acid groups (broad SMARTS) is 1. The molecule has 1 aliphatic carbocycles. The standard InChI is InChI=1S/C16H22N2O5S/c1-18(2)24(22,23)13-8-6-7-12(11-13)14(19)17-16(15(20)21)9-4-3-5-10-16/h6-8,11H,3-5,9-10H2,1-2H3,(H,17,19)(H,20,21). The van der Waals surface area contributed by atoms with Gasteiger partial charge in [0.15, 0.2) is 0 Å².